The van der Waals surface area contributed by atoms with Crippen LogP contribution in [0.25, 0.3) is 5.57 Å². The normalized spacial score (nSPS) is 15.3. The van der Waals surface area contributed by atoms with Crippen LogP contribution in [0.5, 0.6) is 0 Å². The summed E-state index contributed by atoms with van der Waals surface area (Å²) in [5, 5.41) is 0.0745. The van der Waals surface area contributed by atoms with Gasteiger partial charge in [0.1, 0.15) is 11.4 Å². The van der Waals surface area contributed by atoms with Crippen LogP contribution in [0, 0.1) is 5.82 Å². The molecule has 0 saturated carbocycles. The zero-order valence-electron chi connectivity index (χ0n) is 26.3. The SMILES string of the molecule is C=C(c1cn(C(c2ccccc2)(c2ccccc2)c2ccccc2)cn1)c1cc(F)cc2c1CCC2O[Si](C)(C)C(C)(C)C. The summed E-state index contributed by atoms with van der Waals surface area (Å²) in [7, 11) is -2.04. The van der Waals surface area contributed by atoms with Crippen molar-refractivity contribution in [2.45, 2.75) is 63.4 Å². The molecule has 4 aromatic carbocycles. The van der Waals surface area contributed by atoms with Gasteiger partial charge in [-0.2, -0.15) is 0 Å². The molecular formula is C39H41FN2OSi. The lowest BCUT2D eigenvalue weighted by Gasteiger charge is -2.38. The smallest absolute Gasteiger partial charge is 0.192 e. The van der Waals surface area contributed by atoms with Crippen LogP contribution >= 0.6 is 0 Å². The fourth-order valence-electron chi connectivity index (χ4n) is 6.36. The van der Waals surface area contributed by atoms with Gasteiger partial charge in [-0.3, -0.25) is 0 Å². The number of rotatable bonds is 8. The third kappa shape index (κ3) is 5.18. The lowest BCUT2D eigenvalue weighted by molar-refractivity contribution is 0.185. The summed E-state index contributed by atoms with van der Waals surface area (Å²) in [6, 6.07) is 34.8. The number of imidazole rings is 1. The second-order valence-corrected chi connectivity index (χ2v) is 18.1. The van der Waals surface area contributed by atoms with Gasteiger partial charge in [-0.15, -0.1) is 0 Å². The van der Waals surface area contributed by atoms with Gasteiger partial charge in [-0.05, 0) is 76.5 Å². The molecule has 0 saturated heterocycles. The van der Waals surface area contributed by atoms with E-state index >= 15 is 4.39 Å². The molecule has 0 bridgehead atoms. The van der Waals surface area contributed by atoms with Gasteiger partial charge >= 0.3 is 0 Å². The fourth-order valence-corrected chi connectivity index (χ4v) is 7.67. The van der Waals surface area contributed by atoms with Crippen molar-refractivity contribution in [3.8, 4) is 0 Å². The minimum atomic E-state index is -2.04. The summed E-state index contributed by atoms with van der Waals surface area (Å²) in [6.45, 7) is 15.7. The monoisotopic (exact) mass is 600 g/mol. The van der Waals surface area contributed by atoms with Crippen molar-refractivity contribution in [3.63, 3.8) is 0 Å². The molecule has 1 heterocycles. The van der Waals surface area contributed by atoms with Gasteiger partial charge in [0.05, 0.1) is 18.1 Å². The summed E-state index contributed by atoms with van der Waals surface area (Å²) in [5.74, 6) is -0.266. The zero-order valence-corrected chi connectivity index (χ0v) is 27.3. The van der Waals surface area contributed by atoms with Crippen molar-refractivity contribution in [2.24, 2.45) is 0 Å². The average Bonchev–Trinajstić information content (AvgIpc) is 3.66. The molecule has 0 radical (unpaired) electrons. The number of halogens is 1. The first-order chi connectivity index (χ1) is 21.0. The van der Waals surface area contributed by atoms with E-state index < -0.39 is 13.9 Å². The highest BCUT2D eigenvalue weighted by atomic mass is 28.4. The molecule has 0 N–H and O–H groups in total. The Morgan fingerprint density at radius 1 is 0.864 bits per heavy atom. The maximum atomic E-state index is 15.3. The first-order valence-corrected chi connectivity index (χ1v) is 18.3. The highest BCUT2D eigenvalue weighted by Crippen LogP contribution is 2.46. The summed E-state index contributed by atoms with van der Waals surface area (Å²) in [6.07, 6.45) is 5.51. The average molecular weight is 601 g/mol. The minimum absolute atomic E-state index is 0.0745. The van der Waals surface area contributed by atoms with E-state index in [1.807, 2.05) is 24.5 Å². The molecule has 0 amide bonds. The van der Waals surface area contributed by atoms with Crippen molar-refractivity contribution in [2.75, 3.05) is 0 Å². The van der Waals surface area contributed by atoms with Crippen molar-refractivity contribution in [1.82, 2.24) is 9.55 Å². The fraction of sp³-hybridized carbons (Fsp3) is 0.256. The van der Waals surface area contributed by atoms with Gasteiger partial charge in [0.25, 0.3) is 0 Å². The second kappa shape index (κ2) is 11.5. The van der Waals surface area contributed by atoms with E-state index in [1.54, 1.807) is 12.1 Å². The third-order valence-electron chi connectivity index (χ3n) is 9.67. The minimum Gasteiger partial charge on any atom is -0.410 e. The van der Waals surface area contributed by atoms with Crippen LogP contribution in [0.3, 0.4) is 0 Å². The van der Waals surface area contributed by atoms with Gasteiger partial charge in [-0.25, -0.2) is 9.37 Å². The van der Waals surface area contributed by atoms with Crippen LogP contribution in [-0.2, 0) is 16.4 Å². The Hall–Kier alpha value is -4.06. The Bertz CT molecular complexity index is 1680. The number of benzene rings is 4. The number of hydrogen-bond acceptors (Lipinski definition) is 2. The Balaban J connectivity index is 1.46. The predicted octanol–water partition coefficient (Wildman–Crippen LogP) is 9.93. The molecule has 6 rings (SSSR count). The van der Waals surface area contributed by atoms with Crippen molar-refractivity contribution in [3.05, 3.63) is 167 Å². The third-order valence-corrected chi connectivity index (χ3v) is 14.2. The van der Waals surface area contributed by atoms with E-state index in [1.165, 1.54) is 0 Å². The van der Waals surface area contributed by atoms with Crippen molar-refractivity contribution >= 4 is 13.9 Å². The first kappa shape index (κ1) is 30.0. The van der Waals surface area contributed by atoms with Gasteiger partial charge in [-0.1, -0.05) is 118 Å². The molecule has 5 heteroatoms. The molecule has 3 nitrogen and oxygen atoms in total. The lowest BCUT2D eigenvalue weighted by Crippen LogP contribution is -2.41. The maximum absolute atomic E-state index is 15.3. The molecule has 1 aromatic heterocycles. The molecule has 1 aliphatic rings. The maximum Gasteiger partial charge on any atom is 0.192 e. The Morgan fingerprint density at radius 2 is 1.39 bits per heavy atom. The number of fused-ring (bicyclic) bond motifs is 1. The predicted molar refractivity (Wildman–Crippen MR) is 181 cm³/mol. The van der Waals surface area contributed by atoms with E-state index in [2.05, 4.69) is 124 Å². The first-order valence-electron chi connectivity index (χ1n) is 15.4. The summed E-state index contributed by atoms with van der Waals surface area (Å²) < 4.78 is 24.3. The van der Waals surface area contributed by atoms with E-state index in [0.717, 1.165) is 57.5 Å². The molecule has 5 aromatic rings. The summed E-state index contributed by atoms with van der Waals surface area (Å²) >= 11 is 0. The number of nitrogens with zero attached hydrogens (tertiary/aromatic N) is 2. The molecule has 1 atom stereocenters. The van der Waals surface area contributed by atoms with E-state index in [9.17, 15) is 0 Å². The van der Waals surface area contributed by atoms with E-state index in [0.29, 0.717) is 0 Å². The van der Waals surface area contributed by atoms with Crippen LogP contribution in [0.15, 0.2) is 122 Å². The Labute approximate surface area is 262 Å². The second-order valence-electron chi connectivity index (χ2n) is 13.4. The van der Waals surface area contributed by atoms with Gasteiger partial charge < -0.3 is 8.99 Å². The Kier molecular flexibility index (Phi) is 7.81. The number of hydrogen-bond donors (Lipinski definition) is 0. The Morgan fingerprint density at radius 3 is 1.89 bits per heavy atom. The largest absolute Gasteiger partial charge is 0.410 e. The van der Waals surface area contributed by atoms with Crippen LogP contribution < -0.4 is 0 Å². The molecule has 0 fully saturated rings. The highest BCUT2D eigenvalue weighted by Gasteiger charge is 2.42. The molecule has 224 valence electrons. The topological polar surface area (TPSA) is 27.1 Å². The number of aromatic nitrogens is 2. The van der Waals surface area contributed by atoms with E-state index in [-0.39, 0.29) is 17.0 Å². The van der Waals surface area contributed by atoms with Crippen molar-refractivity contribution in [1.29, 1.82) is 0 Å². The molecule has 1 aliphatic carbocycles. The zero-order chi connectivity index (χ0) is 31.1. The summed E-state index contributed by atoms with van der Waals surface area (Å²) in [4.78, 5) is 4.92. The quantitative estimate of drug-likeness (QED) is 0.131. The van der Waals surface area contributed by atoms with Crippen LogP contribution in [0.2, 0.25) is 18.1 Å². The summed E-state index contributed by atoms with van der Waals surface area (Å²) in [5.41, 5.74) is 7.00. The van der Waals surface area contributed by atoms with Crippen LogP contribution in [0.4, 0.5) is 4.39 Å². The highest BCUT2D eigenvalue weighted by molar-refractivity contribution is 6.74. The molecule has 1 unspecified atom stereocenters. The van der Waals surface area contributed by atoms with Crippen LogP contribution in [0.1, 0.15) is 72.4 Å². The molecule has 0 aliphatic heterocycles. The van der Waals surface area contributed by atoms with Crippen molar-refractivity contribution < 1.29 is 8.82 Å². The standard InChI is InChI=1S/C39H41FN2OSi/c1-28(34-24-32(40)25-35-33(34)22-23-37(35)43-44(5,6)38(2,3)4)36-26-42(27-41-36)39(29-16-10-7-11-17-29,30-18-12-8-13-19-30)31-20-14-9-15-21-31/h7-21,24-27,37H,1,22-23H2,2-6H3. The molecule has 0 spiro atoms. The molecular weight excluding hydrogens is 560 g/mol. The van der Waals surface area contributed by atoms with Gasteiger partial charge in [0.15, 0.2) is 8.32 Å². The van der Waals surface area contributed by atoms with E-state index in [4.69, 9.17) is 9.41 Å². The van der Waals surface area contributed by atoms with Crippen LogP contribution in [-0.4, -0.2) is 17.9 Å². The molecule has 44 heavy (non-hydrogen) atoms. The lowest BCUT2D eigenvalue weighted by atomic mass is 9.76. The van der Waals surface area contributed by atoms with Gasteiger partial charge in [0.2, 0.25) is 0 Å². The van der Waals surface area contributed by atoms with Gasteiger partial charge in [0, 0.05) is 11.8 Å².